The third-order valence-corrected chi connectivity index (χ3v) is 1.25. The topological polar surface area (TPSA) is 141 Å². The number of hydrogen-bond donors (Lipinski definition) is 1. The Morgan fingerprint density at radius 2 is 1.25 bits per heavy atom. The zero-order valence-electron chi connectivity index (χ0n) is 8.07. The maximum absolute atomic E-state index is 10.1. The molecule has 0 saturated heterocycles. The van der Waals surface area contributed by atoms with Gasteiger partial charge in [0.05, 0.1) is 5.97 Å². The minimum atomic E-state index is -2.97. The summed E-state index contributed by atoms with van der Waals surface area (Å²) in [5.41, 5.74) is -2.97. The SMILES string of the molecule is O=C([O-])CC(O)(CC(=O)[O-])C(=O)[O-].[Cl-].[Eu+3].[K+]. The molecule has 7 nitrogen and oxygen atoms in total. The van der Waals surface area contributed by atoms with Gasteiger partial charge in [-0.3, -0.25) is 0 Å². The predicted molar refractivity (Wildman–Crippen MR) is 29.2 cm³/mol. The van der Waals surface area contributed by atoms with Gasteiger partial charge in [0.1, 0.15) is 5.60 Å². The summed E-state index contributed by atoms with van der Waals surface area (Å²) in [4.78, 5) is 30.0. The fourth-order valence-corrected chi connectivity index (χ4v) is 0.684. The van der Waals surface area contributed by atoms with Crippen LogP contribution in [0.25, 0.3) is 0 Å². The first-order chi connectivity index (χ1) is 5.78. The average molecular weight is 416 g/mol. The summed E-state index contributed by atoms with van der Waals surface area (Å²) in [5, 5.41) is 38.9. The molecule has 0 aliphatic rings. The van der Waals surface area contributed by atoms with E-state index in [9.17, 15) is 29.7 Å². The van der Waals surface area contributed by atoms with Crippen LogP contribution in [0.2, 0.25) is 0 Å². The van der Waals surface area contributed by atoms with Gasteiger partial charge >= 0.3 is 101 Å². The van der Waals surface area contributed by atoms with E-state index in [0.29, 0.717) is 0 Å². The van der Waals surface area contributed by atoms with E-state index >= 15 is 0 Å². The first-order valence-electron chi connectivity index (χ1n) is 3.11. The Bertz CT molecular complexity index is 243. The molecule has 0 fully saturated rings. The van der Waals surface area contributed by atoms with Gasteiger partial charge in [-0.1, -0.05) is 0 Å². The number of carbonyl (C=O) groups is 3. The van der Waals surface area contributed by atoms with E-state index in [-0.39, 0.29) is 113 Å². The molecule has 1 N–H and O–H groups in total. The number of carboxylic acid groups (broad SMARTS) is 3. The minimum absolute atomic E-state index is 0. The molecule has 0 aliphatic carbocycles. The fraction of sp³-hybridized carbons (Fsp3) is 0.500. The van der Waals surface area contributed by atoms with Crippen molar-refractivity contribution in [2.45, 2.75) is 18.4 Å². The van der Waals surface area contributed by atoms with Crippen molar-refractivity contribution < 1.29 is 148 Å². The second-order valence-corrected chi connectivity index (χ2v) is 2.42. The zero-order valence-corrected chi connectivity index (χ0v) is 14.4. The molecule has 0 atom stereocenters. The fourth-order valence-electron chi connectivity index (χ4n) is 0.684. The molecule has 0 heterocycles. The van der Waals surface area contributed by atoms with Gasteiger partial charge in [-0.15, -0.1) is 0 Å². The number of rotatable bonds is 5. The molecule has 10 heteroatoms. The van der Waals surface area contributed by atoms with Gasteiger partial charge in [0.2, 0.25) is 0 Å². The summed E-state index contributed by atoms with van der Waals surface area (Å²) < 4.78 is 0. The molecule has 0 unspecified atom stereocenters. The van der Waals surface area contributed by atoms with E-state index in [2.05, 4.69) is 0 Å². The van der Waals surface area contributed by atoms with Crippen LogP contribution in [0.4, 0.5) is 0 Å². The first-order valence-corrected chi connectivity index (χ1v) is 3.11. The summed E-state index contributed by atoms with van der Waals surface area (Å²) in [6, 6.07) is 0. The molecule has 0 spiro atoms. The smallest absolute Gasteiger partial charge is 1.00 e. The molecule has 0 aromatic heterocycles. The molecule has 0 saturated carbocycles. The number of carbonyl (C=O) groups excluding carboxylic acids is 3. The predicted octanol–water partition coefficient (Wildman–Crippen LogP) is -11.2. The second kappa shape index (κ2) is 11.9. The number of hydrogen-bond acceptors (Lipinski definition) is 7. The normalized spacial score (nSPS) is 8.81. The number of carboxylic acids is 3. The van der Waals surface area contributed by atoms with Crippen molar-refractivity contribution in [1.29, 1.82) is 0 Å². The second-order valence-electron chi connectivity index (χ2n) is 2.42. The zero-order chi connectivity index (χ0) is 10.6. The number of aliphatic carboxylic acids is 3. The molecule has 0 aromatic carbocycles. The van der Waals surface area contributed by atoms with E-state index in [4.69, 9.17) is 5.11 Å². The van der Waals surface area contributed by atoms with E-state index in [0.717, 1.165) is 0 Å². The van der Waals surface area contributed by atoms with Crippen LogP contribution in [-0.2, 0) is 14.4 Å². The van der Waals surface area contributed by atoms with Crippen molar-refractivity contribution in [3.63, 3.8) is 0 Å². The molecule has 0 rings (SSSR count). The van der Waals surface area contributed by atoms with Crippen LogP contribution in [0.3, 0.4) is 0 Å². The van der Waals surface area contributed by atoms with Crippen molar-refractivity contribution in [3.8, 4) is 0 Å². The van der Waals surface area contributed by atoms with Crippen molar-refractivity contribution >= 4 is 17.9 Å². The maximum atomic E-state index is 10.1. The van der Waals surface area contributed by atoms with Crippen LogP contribution in [0.5, 0.6) is 0 Å². The molecule has 0 bridgehead atoms. The van der Waals surface area contributed by atoms with Crippen LogP contribution in [0.1, 0.15) is 12.8 Å². The van der Waals surface area contributed by atoms with Crippen LogP contribution < -0.4 is 79.1 Å². The molecule has 0 radical (unpaired) electrons. The van der Waals surface area contributed by atoms with Crippen LogP contribution in [0.15, 0.2) is 0 Å². The third-order valence-electron chi connectivity index (χ3n) is 1.25. The minimum Gasteiger partial charge on any atom is -1.00 e. The Hall–Kier alpha value is 1.88. The Morgan fingerprint density at radius 3 is 1.38 bits per heavy atom. The number of aliphatic hydroxyl groups is 1. The van der Waals surface area contributed by atoms with Gasteiger partial charge in [0, 0.05) is 24.8 Å². The average Bonchev–Trinajstić information content (AvgIpc) is 1.82. The summed E-state index contributed by atoms with van der Waals surface area (Å²) >= 11 is 0. The quantitative estimate of drug-likeness (QED) is 0.440. The van der Waals surface area contributed by atoms with Crippen molar-refractivity contribution in [1.82, 2.24) is 0 Å². The third kappa shape index (κ3) is 11.0. The Kier molecular flexibility index (Phi) is 19.7. The summed E-state index contributed by atoms with van der Waals surface area (Å²) in [6.45, 7) is 0. The van der Waals surface area contributed by atoms with Gasteiger partial charge in [0.25, 0.3) is 0 Å². The monoisotopic (exact) mass is 416 g/mol. The van der Waals surface area contributed by atoms with E-state index in [1.807, 2.05) is 0 Å². The summed E-state index contributed by atoms with van der Waals surface area (Å²) in [7, 11) is 0. The van der Waals surface area contributed by atoms with Gasteiger partial charge in [0.15, 0.2) is 0 Å². The Labute approximate surface area is 180 Å². The molecule has 86 valence electrons. The molecule has 0 aromatic rings. The number of halogens is 1. The molecule has 16 heavy (non-hydrogen) atoms. The molecular weight excluding hydrogens is 411 g/mol. The summed E-state index contributed by atoms with van der Waals surface area (Å²) in [6.07, 6.45) is -2.72. The van der Waals surface area contributed by atoms with Crippen LogP contribution >= 0.6 is 0 Å². The first kappa shape index (κ1) is 26.4. The van der Waals surface area contributed by atoms with Crippen molar-refractivity contribution in [2.24, 2.45) is 0 Å². The van der Waals surface area contributed by atoms with E-state index < -0.39 is 36.4 Å². The van der Waals surface area contributed by atoms with Crippen molar-refractivity contribution in [3.05, 3.63) is 0 Å². The Morgan fingerprint density at radius 1 is 1.00 bits per heavy atom. The molecule has 0 aliphatic heterocycles. The maximum Gasteiger partial charge on any atom is 3.00 e. The van der Waals surface area contributed by atoms with Gasteiger partial charge in [-0.05, 0) is 0 Å². The van der Waals surface area contributed by atoms with E-state index in [1.165, 1.54) is 0 Å². The largest absolute Gasteiger partial charge is 3.00 e. The van der Waals surface area contributed by atoms with Crippen molar-refractivity contribution in [2.75, 3.05) is 0 Å². The molecular formula is C6H5ClEuKO7. The van der Waals surface area contributed by atoms with Gasteiger partial charge in [-0.2, -0.15) is 0 Å². The standard InChI is InChI=1S/C6H8O7.ClH.Eu.K/c7-3(8)1-6(13,5(11)12)2-4(9)10;;;/h13H,1-2H2,(H,7,8)(H,9,10)(H,11,12);1H;;/q;;+3;+1/p-4. The Balaban J connectivity index is -0.000000240. The van der Waals surface area contributed by atoms with Crippen LogP contribution in [0, 0.1) is 49.4 Å². The van der Waals surface area contributed by atoms with Gasteiger partial charge < -0.3 is 47.2 Å². The molecule has 0 amide bonds. The van der Waals surface area contributed by atoms with Gasteiger partial charge in [-0.25, -0.2) is 0 Å². The summed E-state index contributed by atoms with van der Waals surface area (Å²) in [5.74, 6) is -5.98. The van der Waals surface area contributed by atoms with E-state index in [1.54, 1.807) is 0 Å². The van der Waals surface area contributed by atoms with Crippen LogP contribution in [-0.4, -0.2) is 28.6 Å².